The van der Waals surface area contributed by atoms with Gasteiger partial charge in [0.05, 0.1) is 12.6 Å². The number of hydrogen-bond acceptors (Lipinski definition) is 5. The molecule has 22 heavy (non-hydrogen) atoms. The molecule has 116 valence electrons. The van der Waals surface area contributed by atoms with E-state index >= 15 is 0 Å². The lowest BCUT2D eigenvalue weighted by atomic mass is 10.1. The van der Waals surface area contributed by atoms with Crippen LogP contribution in [0.2, 0.25) is 0 Å². The highest BCUT2D eigenvalue weighted by molar-refractivity contribution is 5.98. The molecule has 1 aromatic rings. The molecule has 8 heteroatoms. The molecule has 4 rings (SSSR count). The summed E-state index contributed by atoms with van der Waals surface area (Å²) in [7, 11) is 0. The van der Waals surface area contributed by atoms with E-state index in [0.29, 0.717) is 0 Å². The van der Waals surface area contributed by atoms with Gasteiger partial charge in [-0.2, -0.15) is 0 Å². The van der Waals surface area contributed by atoms with E-state index in [1.807, 2.05) is 0 Å². The van der Waals surface area contributed by atoms with Crippen molar-refractivity contribution >= 4 is 11.8 Å². The zero-order chi connectivity index (χ0) is 15.6. The van der Waals surface area contributed by atoms with Crippen LogP contribution in [0.15, 0.2) is 11.0 Å². The molecule has 0 radical (unpaired) electrons. The molecule has 8 nitrogen and oxygen atoms in total. The lowest BCUT2D eigenvalue weighted by molar-refractivity contribution is -0.132. The van der Waals surface area contributed by atoms with Crippen LogP contribution in [0.25, 0.3) is 0 Å². The predicted octanol–water partition coefficient (Wildman–Crippen LogP) is -0.614. The number of nitrogens with zero attached hydrogens (tertiary/aromatic N) is 2. The lowest BCUT2D eigenvalue weighted by Gasteiger charge is -2.44. The van der Waals surface area contributed by atoms with Crippen LogP contribution in [0, 0.1) is 0 Å². The Bertz CT molecular complexity index is 756. The molecule has 1 saturated heterocycles. The summed E-state index contributed by atoms with van der Waals surface area (Å²) < 4.78 is 7.28. The number of aromatic hydroxyl groups is 1. The van der Waals surface area contributed by atoms with Crippen molar-refractivity contribution in [1.29, 1.82) is 0 Å². The van der Waals surface area contributed by atoms with E-state index < -0.39 is 29.2 Å². The molecule has 1 saturated carbocycles. The summed E-state index contributed by atoms with van der Waals surface area (Å²) in [5.41, 5.74) is 3.81. The summed E-state index contributed by atoms with van der Waals surface area (Å²) >= 11 is 0. The van der Waals surface area contributed by atoms with Gasteiger partial charge < -0.3 is 25.0 Å². The van der Waals surface area contributed by atoms with E-state index in [4.69, 9.17) is 10.5 Å². The maximum Gasteiger partial charge on any atom is 0.276 e. The van der Waals surface area contributed by atoms with Gasteiger partial charge in [-0.1, -0.05) is 0 Å². The Kier molecular flexibility index (Phi) is 2.62. The second-order valence-electron chi connectivity index (χ2n) is 5.98. The number of amides is 2. The first-order chi connectivity index (χ1) is 10.5. The molecule has 0 aromatic carbocycles. The van der Waals surface area contributed by atoms with Crippen molar-refractivity contribution in [2.24, 2.45) is 5.73 Å². The molecule has 2 fully saturated rings. The number of aromatic nitrogens is 1. The molecule has 3 unspecified atom stereocenters. The van der Waals surface area contributed by atoms with Gasteiger partial charge in [0.1, 0.15) is 5.56 Å². The zero-order valence-electron chi connectivity index (χ0n) is 11.7. The molecule has 0 spiro atoms. The van der Waals surface area contributed by atoms with Gasteiger partial charge in [0.2, 0.25) is 5.43 Å². The number of rotatable bonds is 1. The van der Waals surface area contributed by atoms with Crippen LogP contribution < -0.4 is 11.2 Å². The van der Waals surface area contributed by atoms with Gasteiger partial charge in [-0.25, -0.2) is 0 Å². The third-order valence-corrected chi connectivity index (χ3v) is 4.72. The number of hydrogen-bond donors (Lipinski definition) is 2. The maximum atomic E-state index is 12.7. The molecular formula is C14H15N3O5. The highest BCUT2D eigenvalue weighted by atomic mass is 16.5. The van der Waals surface area contributed by atoms with Gasteiger partial charge in [0.15, 0.2) is 17.7 Å². The standard InChI is InChI=1S/C14H15N3O5/c15-13(20)8-4-16-5-9-17(6-1-2-7(3-6)22-9)14(21)10(16)12(19)11(8)18/h4,6-7,9,19H,1-3,5H2,(H2,15,20). The van der Waals surface area contributed by atoms with E-state index in [0.717, 1.165) is 19.3 Å². The van der Waals surface area contributed by atoms with Crippen molar-refractivity contribution in [2.75, 3.05) is 0 Å². The minimum atomic E-state index is -0.935. The number of carbonyl (C=O) groups excluding carboxylic acids is 2. The fourth-order valence-electron chi connectivity index (χ4n) is 3.73. The molecule has 3 heterocycles. The Morgan fingerprint density at radius 3 is 2.86 bits per heavy atom. The first kappa shape index (κ1) is 13.3. The molecule has 2 amide bonds. The first-order valence-corrected chi connectivity index (χ1v) is 7.21. The van der Waals surface area contributed by atoms with Crippen LogP contribution in [0.1, 0.15) is 40.1 Å². The van der Waals surface area contributed by atoms with E-state index in [-0.39, 0.29) is 29.9 Å². The number of primary amides is 1. The van der Waals surface area contributed by atoms with Crippen molar-refractivity contribution in [2.45, 2.75) is 44.2 Å². The van der Waals surface area contributed by atoms with E-state index in [1.165, 1.54) is 10.8 Å². The molecular weight excluding hydrogens is 290 g/mol. The average molecular weight is 305 g/mol. The number of fused-ring (bicyclic) bond motifs is 5. The van der Waals surface area contributed by atoms with Crippen molar-refractivity contribution < 1.29 is 19.4 Å². The van der Waals surface area contributed by atoms with Crippen LogP contribution in [0.3, 0.4) is 0 Å². The Labute approximate surface area is 125 Å². The van der Waals surface area contributed by atoms with Crippen molar-refractivity contribution in [3.05, 3.63) is 27.7 Å². The summed E-state index contributed by atoms with van der Waals surface area (Å²) in [5.74, 6) is -2.10. The Hall–Kier alpha value is -2.35. The number of carbonyl (C=O) groups is 2. The highest BCUT2D eigenvalue weighted by Crippen LogP contribution is 2.38. The molecule has 2 bridgehead atoms. The van der Waals surface area contributed by atoms with Crippen LogP contribution >= 0.6 is 0 Å². The SMILES string of the molecule is NC(=O)c1cn2c(c(O)c1=O)C(=O)N1C3CCC(C3)OC1C2. The summed E-state index contributed by atoms with van der Waals surface area (Å²) in [6, 6.07) is 0.0790. The normalized spacial score (nSPS) is 29.2. The molecule has 3 N–H and O–H groups in total. The van der Waals surface area contributed by atoms with Crippen molar-refractivity contribution in [1.82, 2.24) is 9.47 Å². The van der Waals surface area contributed by atoms with E-state index in [2.05, 4.69) is 0 Å². The summed E-state index contributed by atoms with van der Waals surface area (Å²) in [6.07, 6.45) is 3.48. The van der Waals surface area contributed by atoms with Gasteiger partial charge in [0.25, 0.3) is 11.8 Å². The quantitative estimate of drug-likeness (QED) is 0.718. The minimum Gasteiger partial charge on any atom is -0.503 e. The monoisotopic (exact) mass is 305 g/mol. The number of nitrogens with two attached hydrogens (primary N) is 1. The third kappa shape index (κ3) is 1.64. The van der Waals surface area contributed by atoms with Crippen molar-refractivity contribution in [3.63, 3.8) is 0 Å². The van der Waals surface area contributed by atoms with E-state index in [9.17, 15) is 19.5 Å². The third-order valence-electron chi connectivity index (χ3n) is 4.72. The van der Waals surface area contributed by atoms with Crippen molar-refractivity contribution in [3.8, 4) is 5.75 Å². The number of pyridine rings is 1. The lowest BCUT2D eigenvalue weighted by Crippen LogP contribution is -2.57. The molecule has 3 atom stereocenters. The molecule has 2 aliphatic heterocycles. The maximum absolute atomic E-state index is 12.7. The predicted molar refractivity (Wildman–Crippen MR) is 73.4 cm³/mol. The largest absolute Gasteiger partial charge is 0.503 e. The minimum absolute atomic E-state index is 0.0790. The molecule has 3 aliphatic rings. The van der Waals surface area contributed by atoms with Gasteiger partial charge in [-0.3, -0.25) is 14.4 Å². The van der Waals surface area contributed by atoms with Crippen LogP contribution in [0.4, 0.5) is 0 Å². The fourth-order valence-corrected chi connectivity index (χ4v) is 3.73. The van der Waals surface area contributed by atoms with Gasteiger partial charge in [0, 0.05) is 12.2 Å². The van der Waals surface area contributed by atoms with Crippen LogP contribution in [0.5, 0.6) is 5.75 Å². The van der Waals surface area contributed by atoms with Gasteiger partial charge >= 0.3 is 0 Å². The fraction of sp³-hybridized carbons (Fsp3) is 0.500. The topological polar surface area (TPSA) is 115 Å². The van der Waals surface area contributed by atoms with Crippen LogP contribution in [-0.4, -0.2) is 44.8 Å². The zero-order valence-corrected chi connectivity index (χ0v) is 11.7. The Morgan fingerprint density at radius 1 is 1.36 bits per heavy atom. The summed E-state index contributed by atoms with van der Waals surface area (Å²) in [5, 5.41) is 10.1. The molecule has 1 aliphatic carbocycles. The smallest absolute Gasteiger partial charge is 0.276 e. The second-order valence-corrected chi connectivity index (χ2v) is 5.98. The van der Waals surface area contributed by atoms with E-state index in [1.54, 1.807) is 4.90 Å². The Morgan fingerprint density at radius 2 is 2.14 bits per heavy atom. The average Bonchev–Trinajstić information content (AvgIpc) is 2.83. The number of ether oxygens (including phenoxy) is 1. The van der Waals surface area contributed by atoms with Gasteiger partial charge in [-0.15, -0.1) is 0 Å². The second kappa shape index (κ2) is 4.33. The Balaban J connectivity index is 1.87. The van der Waals surface area contributed by atoms with Gasteiger partial charge in [-0.05, 0) is 19.3 Å². The first-order valence-electron chi connectivity index (χ1n) is 7.21. The van der Waals surface area contributed by atoms with Crippen LogP contribution in [-0.2, 0) is 11.3 Å². The summed E-state index contributed by atoms with van der Waals surface area (Å²) in [4.78, 5) is 37.6. The summed E-state index contributed by atoms with van der Waals surface area (Å²) in [6.45, 7) is 0.266. The highest BCUT2D eigenvalue weighted by Gasteiger charge is 2.47. The molecule has 1 aromatic heterocycles.